The molecule has 0 bridgehead atoms. The summed E-state index contributed by atoms with van der Waals surface area (Å²) >= 11 is 0. The third-order valence-corrected chi connectivity index (χ3v) is 7.22. The molecule has 35 heavy (non-hydrogen) atoms. The van der Waals surface area contributed by atoms with Crippen molar-refractivity contribution in [2.24, 2.45) is 11.7 Å². The van der Waals surface area contributed by atoms with Gasteiger partial charge in [0.1, 0.15) is 17.3 Å². The van der Waals surface area contributed by atoms with Crippen LogP contribution in [0.15, 0.2) is 42.6 Å². The Balaban J connectivity index is 1.16. The average Bonchev–Trinajstić information content (AvgIpc) is 2.88. The molecule has 1 saturated carbocycles. The molecule has 2 aromatic carbocycles. The van der Waals surface area contributed by atoms with E-state index in [0.29, 0.717) is 35.4 Å². The molecule has 8 heteroatoms. The van der Waals surface area contributed by atoms with Gasteiger partial charge in [0.25, 0.3) is 5.91 Å². The topological polar surface area (TPSA) is 98.5 Å². The number of methoxy groups -OCH3 is 1. The third-order valence-electron chi connectivity index (χ3n) is 7.22. The Morgan fingerprint density at radius 2 is 2.06 bits per heavy atom. The Morgan fingerprint density at radius 3 is 2.86 bits per heavy atom. The van der Waals surface area contributed by atoms with Gasteiger partial charge in [0.15, 0.2) is 6.61 Å². The summed E-state index contributed by atoms with van der Waals surface area (Å²) in [5.41, 5.74) is 9.80. The Labute approximate surface area is 204 Å². The fraction of sp³-hybridized carbons (Fsp3) is 0.407. The van der Waals surface area contributed by atoms with Crippen LogP contribution >= 0.6 is 0 Å². The van der Waals surface area contributed by atoms with Crippen molar-refractivity contribution in [3.63, 3.8) is 0 Å². The van der Waals surface area contributed by atoms with Crippen molar-refractivity contribution in [1.29, 1.82) is 0 Å². The molecule has 2 heterocycles. The lowest BCUT2D eigenvalue weighted by Gasteiger charge is -2.33. The van der Waals surface area contributed by atoms with E-state index in [0.717, 1.165) is 54.4 Å². The number of ether oxygens (including phenoxy) is 2. The predicted octanol–water partition coefficient (Wildman–Crippen LogP) is 3.93. The molecule has 1 atom stereocenters. The summed E-state index contributed by atoms with van der Waals surface area (Å²) in [6.45, 7) is 0.786. The minimum absolute atomic E-state index is 0.0637. The molecule has 0 spiro atoms. The number of rotatable bonds is 7. The van der Waals surface area contributed by atoms with E-state index >= 15 is 0 Å². The van der Waals surface area contributed by atoms with E-state index in [4.69, 9.17) is 15.2 Å². The number of pyridine rings is 1. The summed E-state index contributed by atoms with van der Waals surface area (Å²) in [6, 6.07) is 11.7. The summed E-state index contributed by atoms with van der Waals surface area (Å²) in [4.78, 5) is 15.8. The number of carbonyl (C=O) groups excluding carboxylic acids is 1. The molecule has 0 unspecified atom stereocenters. The van der Waals surface area contributed by atoms with Crippen molar-refractivity contribution >= 4 is 22.5 Å². The monoisotopic (exact) mass is 478 g/mol. The standard InChI is InChI=1S/C27H31FN4O3/c1-34-19-7-8-24-21(11-19)20(22(28)14-31-24)12-23(29)17-3-5-18(6-4-17)30-13-16-2-9-26-25(10-16)32-27(33)15-35-26/h2,7-11,14,17-18,23,30H,3-6,12-13,15,29H2,1H3,(H,32,33)/t17-,18-,23-/m1/s1. The lowest BCUT2D eigenvalue weighted by molar-refractivity contribution is -0.118. The second kappa shape index (κ2) is 10.2. The van der Waals surface area contributed by atoms with Crippen LogP contribution in [0.3, 0.4) is 0 Å². The van der Waals surface area contributed by atoms with Crippen LogP contribution in [0.2, 0.25) is 0 Å². The number of aromatic nitrogens is 1. The highest BCUT2D eigenvalue weighted by Crippen LogP contribution is 2.32. The highest BCUT2D eigenvalue weighted by Gasteiger charge is 2.27. The summed E-state index contributed by atoms with van der Waals surface area (Å²) in [5.74, 6) is 1.29. The SMILES string of the molecule is COc1ccc2ncc(F)c(C[C@@H](N)[C@H]3CC[C@H](NCc4ccc5c(c4)NC(=O)CO5)CC3)c2c1. The zero-order chi connectivity index (χ0) is 24.4. The van der Waals surface area contributed by atoms with Crippen LogP contribution < -0.4 is 25.8 Å². The van der Waals surface area contributed by atoms with Crippen LogP contribution in [0.1, 0.15) is 36.8 Å². The molecule has 4 N–H and O–H groups in total. The zero-order valence-electron chi connectivity index (χ0n) is 19.9. The van der Waals surface area contributed by atoms with Gasteiger partial charge in [0, 0.05) is 29.6 Å². The average molecular weight is 479 g/mol. The van der Waals surface area contributed by atoms with Gasteiger partial charge in [-0.3, -0.25) is 9.78 Å². The van der Waals surface area contributed by atoms with Gasteiger partial charge in [-0.1, -0.05) is 6.07 Å². The molecule has 0 saturated heterocycles. The van der Waals surface area contributed by atoms with Gasteiger partial charge in [-0.15, -0.1) is 0 Å². The largest absolute Gasteiger partial charge is 0.497 e. The molecule has 2 aliphatic rings. The van der Waals surface area contributed by atoms with Crippen molar-refractivity contribution in [2.45, 2.75) is 50.7 Å². The molecular formula is C27H31FN4O3. The van der Waals surface area contributed by atoms with E-state index < -0.39 is 0 Å². The van der Waals surface area contributed by atoms with Gasteiger partial charge < -0.3 is 25.8 Å². The Kier molecular flexibility index (Phi) is 6.83. The van der Waals surface area contributed by atoms with Gasteiger partial charge >= 0.3 is 0 Å². The second-order valence-corrected chi connectivity index (χ2v) is 9.50. The molecule has 184 valence electrons. The van der Waals surface area contributed by atoms with Gasteiger partial charge in [-0.05, 0) is 73.9 Å². The lowest BCUT2D eigenvalue weighted by Crippen LogP contribution is -2.39. The van der Waals surface area contributed by atoms with Crippen molar-refractivity contribution < 1.29 is 18.7 Å². The maximum absolute atomic E-state index is 14.7. The molecule has 1 aliphatic carbocycles. The molecular weight excluding hydrogens is 447 g/mol. The molecule has 5 rings (SSSR count). The number of fused-ring (bicyclic) bond motifs is 2. The first-order valence-electron chi connectivity index (χ1n) is 12.2. The van der Waals surface area contributed by atoms with E-state index in [1.807, 2.05) is 36.4 Å². The van der Waals surface area contributed by atoms with E-state index in [1.54, 1.807) is 7.11 Å². The molecule has 1 fully saturated rings. The summed E-state index contributed by atoms with van der Waals surface area (Å²) in [7, 11) is 1.60. The van der Waals surface area contributed by atoms with Gasteiger partial charge in [0.05, 0.1) is 24.5 Å². The summed E-state index contributed by atoms with van der Waals surface area (Å²) < 4.78 is 25.5. The molecule has 1 aliphatic heterocycles. The minimum atomic E-state index is -0.316. The number of hydrogen-bond donors (Lipinski definition) is 3. The number of nitrogens with one attached hydrogen (secondary N) is 2. The number of hydrogen-bond acceptors (Lipinski definition) is 6. The van der Waals surface area contributed by atoms with Crippen LogP contribution in [0.4, 0.5) is 10.1 Å². The molecule has 1 aromatic heterocycles. The number of carbonyl (C=O) groups is 1. The quantitative estimate of drug-likeness (QED) is 0.476. The maximum atomic E-state index is 14.7. The molecule has 7 nitrogen and oxygen atoms in total. The van der Waals surface area contributed by atoms with Gasteiger partial charge in [-0.25, -0.2) is 4.39 Å². The van der Waals surface area contributed by atoms with E-state index in [2.05, 4.69) is 15.6 Å². The van der Waals surface area contributed by atoms with Crippen LogP contribution in [0, 0.1) is 11.7 Å². The highest BCUT2D eigenvalue weighted by molar-refractivity contribution is 5.95. The fourth-order valence-electron chi connectivity index (χ4n) is 5.19. The van der Waals surface area contributed by atoms with Crippen LogP contribution in [0.5, 0.6) is 11.5 Å². The number of anilines is 1. The van der Waals surface area contributed by atoms with E-state index in [-0.39, 0.29) is 24.4 Å². The third kappa shape index (κ3) is 5.23. The maximum Gasteiger partial charge on any atom is 0.262 e. The second-order valence-electron chi connectivity index (χ2n) is 9.50. The predicted molar refractivity (Wildman–Crippen MR) is 133 cm³/mol. The number of halogens is 1. The smallest absolute Gasteiger partial charge is 0.262 e. The normalized spacial score (nSPS) is 20.6. The van der Waals surface area contributed by atoms with Crippen molar-refractivity contribution in [3.8, 4) is 11.5 Å². The summed E-state index contributed by atoms with van der Waals surface area (Å²) in [5, 5.41) is 7.25. The number of nitrogens with two attached hydrogens (primary N) is 1. The molecule has 3 aromatic rings. The lowest BCUT2D eigenvalue weighted by atomic mass is 9.79. The van der Waals surface area contributed by atoms with E-state index in [9.17, 15) is 9.18 Å². The first-order valence-corrected chi connectivity index (χ1v) is 12.2. The van der Waals surface area contributed by atoms with Gasteiger partial charge in [-0.2, -0.15) is 0 Å². The van der Waals surface area contributed by atoms with Crippen LogP contribution in [-0.4, -0.2) is 36.7 Å². The first kappa shape index (κ1) is 23.5. The van der Waals surface area contributed by atoms with Crippen LogP contribution in [0.25, 0.3) is 10.9 Å². The summed E-state index contributed by atoms with van der Waals surface area (Å²) in [6.07, 6.45) is 5.81. The molecule has 1 amide bonds. The van der Waals surface area contributed by atoms with E-state index in [1.165, 1.54) is 6.20 Å². The van der Waals surface area contributed by atoms with Crippen molar-refractivity contribution in [2.75, 3.05) is 19.0 Å². The van der Waals surface area contributed by atoms with Gasteiger partial charge in [0.2, 0.25) is 0 Å². The van der Waals surface area contributed by atoms with Crippen LogP contribution in [-0.2, 0) is 17.8 Å². The van der Waals surface area contributed by atoms with Crippen molar-refractivity contribution in [3.05, 3.63) is 59.5 Å². The number of benzene rings is 2. The Bertz CT molecular complexity index is 1230. The fourth-order valence-corrected chi connectivity index (χ4v) is 5.19. The Hall–Kier alpha value is -3.23. The highest BCUT2D eigenvalue weighted by atomic mass is 19.1. The zero-order valence-corrected chi connectivity index (χ0v) is 19.9. The first-order chi connectivity index (χ1) is 17.0. The number of nitrogens with zero attached hydrogens (tertiary/aromatic N) is 1. The number of amides is 1. The van der Waals surface area contributed by atoms with Crippen molar-refractivity contribution in [1.82, 2.24) is 10.3 Å². The Morgan fingerprint density at radius 1 is 1.23 bits per heavy atom. The molecule has 0 radical (unpaired) electrons. The minimum Gasteiger partial charge on any atom is -0.497 e.